The van der Waals surface area contributed by atoms with Crippen molar-refractivity contribution >= 4 is 22.5 Å². The van der Waals surface area contributed by atoms with Crippen LogP contribution >= 0.6 is 0 Å². The second-order valence-electron chi connectivity index (χ2n) is 9.16. The maximum absolute atomic E-state index is 5.16. The molecule has 0 amide bonds. The third-order valence-electron chi connectivity index (χ3n) is 6.88. The first kappa shape index (κ1) is 17.9. The minimum atomic E-state index is 0.346. The van der Waals surface area contributed by atoms with Gasteiger partial charge in [0.05, 0.1) is 16.7 Å². The summed E-state index contributed by atoms with van der Waals surface area (Å²) in [5.74, 6) is 1.44. The van der Waals surface area contributed by atoms with E-state index in [1.54, 1.807) is 6.33 Å². The first-order chi connectivity index (χ1) is 14.5. The van der Waals surface area contributed by atoms with Gasteiger partial charge in [-0.25, -0.2) is 14.5 Å². The van der Waals surface area contributed by atoms with Crippen LogP contribution in [0.15, 0.2) is 24.7 Å². The number of piperazine rings is 1. The molecule has 7 rings (SSSR count). The molecule has 2 atom stereocenters. The predicted molar refractivity (Wildman–Crippen MR) is 119 cm³/mol. The summed E-state index contributed by atoms with van der Waals surface area (Å²) >= 11 is 0. The summed E-state index contributed by atoms with van der Waals surface area (Å²) in [6, 6.07) is 5.59. The molecule has 0 aliphatic carbocycles. The van der Waals surface area contributed by atoms with Crippen LogP contribution in [0.2, 0.25) is 0 Å². The largest absolute Gasteiger partial charge is 0.353 e. The fourth-order valence-electron chi connectivity index (χ4n) is 5.18. The van der Waals surface area contributed by atoms with E-state index in [2.05, 4.69) is 71.3 Å². The summed E-state index contributed by atoms with van der Waals surface area (Å²) < 4.78 is 1.87. The Bertz CT molecular complexity index is 1270. The van der Waals surface area contributed by atoms with E-state index in [-0.39, 0.29) is 0 Å². The molecule has 7 heterocycles. The van der Waals surface area contributed by atoms with E-state index in [1.165, 1.54) is 17.5 Å². The van der Waals surface area contributed by atoms with Crippen molar-refractivity contribution in [2.45, 2.75) is 52.1 Å². The van der Waals surface area contributed by atoms with Gasteiger partial charge in [-0.3, -0.25) is 0 Å². The van der Waals surface area contributed by atoms with Crippen LogP contribution in [0.1, 0.15) is 42.9 Å². The molecule has 0 unspecified atom stereocenters. The summed E-state index contributed by atoms with van der Waals surface area (Å²) in [5, 5.41) is 7.99. The van der Waals surface area contributed by atoms with Gasteiger partial charge in [0.25, 0.3) is 0 Å². The Morgan fingerprint density at radius 3 is 2.60 bits per heavy atom. The van der Waals surface area contributed by atoms with E-state index in [0.717, 1.165) is 52.4 Å². The molecule has 3 aliphatic heterocycles. The Balaban J connectivity index is 1.53. The van der Waals surface area contributed by atoms with E-state index in [9.17, 15) is 0 Å². The van der Waals surface area contributed by atoms with Gasteiger partial charge in [0, 0.05) is 42.5 Å². The van der Waals surface area contributed by atoms with Crippen LogP contribution in [-0.4, -0.2) is 49.7 Å². The molecule has 3 fully saturated rings. The Hall–Kier alpha value is -2.93. The highest BCUT2D eigenvalue weighted by Crippen LogP contribution is 2.38. The fourth-order valence-corrected chi connectivity index (χ4v) is 5.18. The molecule has 0 aromatic carbocycles. The van der Waals surface area contributed by atoms with Crippen molar-refractivity contribution in [3.05, 3.63) is 41.3 Å². The van der Waals surface area contributed by atoms with Crippen molar-refractivity contribution in [1.82, 2.24) is 29.9 Å². The van der Waals surface area contributed by atoms with Crippen molar-refractivity contribution in [3.63, 3.8) is 0 Å². The van der Waals surface area contributed by atoms with Crippen molar-refractivity contribution in [1.29, 1.82) is 0 Å². The minimum absolute atomic E-state index is 0.346. The van der Waals surface area contributed by atoms with E-state index >= 15 is 0 Å². The number of aryl methyl sites for hydroxylation is 1. The molecule has 30 heavy (non-hydrogen) atoms. The molecule has 2 bridgehead atoms. The average Bonchev–Trinajstić information content (AvgIpc) is 3.34. The molecule has 4 aromatic rings. The quantitative estimate of drug-likeness (QED) is 0.549. The first-order valence-electron chi connectivity index (χ1n) is 10.8. The zero-order valence-corrected chi connectivity index (χ0v) is 17.9. The Kier molecular flexibility index (Phi) is 3.75. The van der Waals surface area contributed by atoms with Crippen LogP contribution < -0.4 is 10.2 Å². The van der Waals surface area contributed by atoms with Gasteiger partial charge in [-0.2, -0.15) is 5.10 Å². The van der Waals surface area contributed by atoms with E-state index < -0.39 is 0 Å². The normalized spacial score (nSPS) is 21.0. The van der Waals surface area contributed by atoms with Gasteiger partial charge >= 0.3 is 0 Å². The number of piperidine rings is 1. The van der Waals surface area contributed by atoms with Crippen LogP contribution in [0, 0.1) is 13.8 Å². The second kappa shape index (κ2) is 6.28. The maximum Gasteiger partial charge on any atom is 0.158 e. The van der Waals surface area contributed by atoms with Crippen LogP contribution in [0.5, 0.6) is 0 Å². The lowest BCUT2D eigenvalue weighted by molar-refractivity contribution is 0.225. The van der Waals surface area contributed by atoms with E-state index in [0.29, 0.717) is 18.0 Å². The third-order valence-corrected chi connectivity index (χ3v) is 6.88. The molecule has 154 valence electrons. The Morgan fingerprint density at radius 1 is 1.10 bits per heavy atom. The lowest BCUT2D eigenvalue weighted by atomic mass is 9.91. The summed E-state index contributed by atoms with van der Waals surface area (Å²) in [5.41, 5.74) is 9.06. The number of hydrogen-bond acceptors (Lipinski definition) is 5. The third kappa shape index (κ3) is 2.51. The number of rotatable bonds is 3. The van der Waals surface area contributed by atoms with Gasteiger partial charge in [0.15, 0.2) is 5.65 Å². The molecule has 0 spiro atoms. The lowest BCUT2D eigenvalue weighted by Gasteiger charge is -2.48. The van der Waals surface area contributed by atoms with Gasteiger partial charge < -0.3 is 15.2 Å². The molecule has 0 saturated carbocycles. The smallest absolute Gasteiger partial charge is 0.158 e. The SMILES string of the molecule is Cc1c(-c2[nH]c3ccc(N4C[C@H]5C[C@@H](C4)N5)nc3c2C(C)C)cn2ncnc2c1C. The number of H-pyrrole nitrogens is 1. The number of aromatic nitrogens is 5. The van der Waals surface area contributed by atoms with Crippen molar-refractivity contribution < 1.29 is 0 Å². The molecular formula is C23H27N7. The highest BCUT2D eigenvalue weighted by molar-refractivity contribution is 5.90. The number of nitrogens with one attached hydrogen (secondary N) is 2. The molecule has 7 nitrogen and oxygen atoms in total. The van der Waals surface area contributed by atoms with Crippen molar-refractivity contribution in [2.75, 3.05) is 18.0 Å². The summed E-state index contributed by atoms with van der Waals surface area (Å²) in [4.78, 5) is 15.7. The number of hydrogen-bond donors (Lipinski definition) is 2. The Labute approximate surface area is 175 Å². The lowest BCUT2D eigenvalue weighted by Crippen LogP contribution is -2.67. The molecular weight excluding hydrogens is 374 g/mol. The average molecular weight is 402 g/mol. The molecule has 3 aliphatic rings. The number of nitrogens with zero attached hydrogens (tertiary/aromatic N) is 5. The summed E-state index contributed by atoms with van der Waals surface area (Å²) in [7, 11) is 0. The van der Waals surface area contributed by atoms with Crippen LogP contribution in [0.4, 0.5) is 5.82 Å². The number of aromatic amines is 1. The van der Waals surface area contributed by atoms with Crippen LogP contribution in [-0.2, 0) is 0 Å². The van der Waals surface area contributed by atoms with Gasteiger partial charge in [0.2, 0.25) is 0 Å². The number of anilines is 1. The first-order valence-corrected chi connectivity index (χ1v) is 10.8. The zero-order chi connectivity index (χ0) is 20.6. The highest BCUT2D eigenvalue weighted by atomic mass is 15.3. The molecule has 3 saturated heterocycles. The molecule has 2 N–H and O–H groups in total. The molecule has 0 radical (unpaired) electrons. The van der Waals surface area contributed by atoms with Gasteiger partial charge in [-0.05, 0) is 49.4 Å². The number of fused-ring (bicyclic) bond motifs is 4. The summed E-state index contributed by atoms with van der Waals surface area (Å²) in [6.45, 7) is 10.9. The van der Waals surface area contributed by atoms with Gasteiger partial charge in [0.1, 0.15) is 12.1 Å². The van der Waals surface area contributed by atoms with Gasteiger partial charge in [-0.15, -0.1) is 0 Å². The standard InChI is InChI=1S/C23H27N7/c1-12(2)20-21(17-10-30-23(24-11-25-30)14(4)13(17)3)27-18-5-6-19(28-22(18)20)29-8-15-7-16(9-29)26-15/h5-6,10-12,15-16,26-27H,7-9H2,1-4H3/t15-,16+. The van der Waals surface area contributed by atoms with E-state index in [1.807, 2.05) is 4.52 Å². The van der Waals surface area contributed by atoms with Crippen LogP contribution in [0.25, 0.3) is 27.9 Å². The number of pyridine rings is 2. The summed E-state index contributed by atoms with van der Waals surface area (Å²) in [6.07, 6.45) is 5.01. The predicted octanol–water partition coefficient (Wildman–Crippen LogP) is 3.56. The van der Waals surface area contributed by atoms with Gasteiger partial charge in [-0.1, -0.05) is 13.8 Å². The Morgan fingerprint density at radius 2 is 1.87 bits per heavy atom. The topological polar surface area (TPSA) is 74.1 Å². The van der Waals surface area contributed by atoms with Crippen molar-refractivity contribution in [3.8, 4) is 11.3 Å². The van der Waals surface area contributed by atoms with Crippen molar-refractivity contribution in [2.24, 2.45) is 0 Å². The zero-order valence-electron chi connectivity index (χ0n) is 17.9. The minimum Gasteiger partial charge on any atom is -0.353 e. The maximum atomic E-state index is 5.16. The fraction of sp³-hybridized carbons (Fsp3) is 0.435. The highest BCUT2D eigenvalue weighted by Gasteiger charge is 2.37. The monoisotopic (exact) mass is 401 g/mol. The van der Waals surface area contributed by atoms with E-state index in [4.69, 9.17) is 4.98 Å². The molecule has 7 heteroatoms. The molecule has 4 aromatic heterocycles. The van der Waals surface area contributed by atoms with Crippen LogP contribution in [0.3, 0.4) is 0 Å². The second-order valence-corrected chi connectivity index (χ2v) is 9.16.